The third kappa shape index (κ3) is 4.07. The molecular formula is C17H19N3OS. The third-order valence-electron chi connectivity index (χ3n) is 3.80. The molecule has 3 rings (SSSR count). The number of nitrogens with zero attached hydrogens (tertiary/aromatic N) is 2. The fourth-order valence-corrected chi connectivity index (χ4v) is 3.90. The van der Waals surface area contributed by atoms with Gasteiger partial charge in [-0.15, -0.1) is 0 Å². The minimum atomic E-state index is -0.179. The first kappa shape index (κ1) is 15.0. The topological polar surface area (TPSA) is 54.9 Å². The average molecular weight is 313 g/mol. The van der Waals surface area contributed by atoms with Gasteiger partial charge in [0.2, 0.25) is 0 Å². The first-order valence-electron chi connectivity index (χ1n) is 7.58. The smallest absolute Gasteiger partial charge is 0.258 e. The molecule has 1 fully saturated rings. The standard InChI is InChI=1S/C17H19N3OS/c21-17(14-9-18-12-19-10-14)20-15-5-3-4-13(8-15)11-22-16-6-1-2-7-16/h3-5,8-10,12,16H,1-2,6-7,11H2,(H,20,21). The number of amides is 1. The van der Waals surface area contributed by atoms with Gasteiger partial charge in [0.15, 0.2) is 0 Å². The third-order valence-corrected chi connectivity index (χ3v) is 5.24. The number of aromatic nitrogens is 2. The summed E-state index contributed by atoms with van der Waals surface area (Å²) in [5, 5.41) is 3.70. The Balaban J connectivity index is 1.59. The van der Waals surface area contributed by atoms with Crippen LogP contribution in [0.15, 0.2) is 43.0 Å². The lowest BCUT2D eigenvalue weighted by Gasteiger charge is -2.10. The Morgan fingerprint density at radius 3 is 2.77 bits per heavy atom. The Bertz CT molecular complexity index is 627. The Morgan fingerprint density at radius 1 is 1.23 bits per heavy atom. The summed E-state index contributed by atoms with van der Waals surface area (Å²) in [7, 11) is 0. The van der Waals surface area contributed by atoms with Crippen molar-refractivity contribution < 1.29 is 4.79 Å². The van der Waals surface area contributed by atoms with Crippen molar-refractivity contribution in [2.24, 2.45) is 0 Å². The SMILES string of the molecule is O=C(Nc1cccc(CSC2CCCC2)c1)c1cncnc1. The minimum Gasteiger partial charge on any atom is -0.322 e. The number of hydrogen-bond acceptors (Lipinski definition) is 4. The summed E-state index contributed by atoms with van der Waals surface area (Å²) in [6, 6.07) is 8.06. The molecule has 0 radical (unpaired) electrons. The van der Waals surface area contributed by atoms with E-state index in [1.54, 1.807) is 0 Å². The summed E-state index contributed by atoms with van der Waals surface area (Å²) in [4.78, 5) is 19.8. The van der Waals surface area contributed by atoms with Gasteiger partial charge in [-0.1, -0.05) is 25.0 Å². The van der Waals surface area contributed by atoms with Gasteiger partial charge >= 0.3 is 0 Å². The molecule has 0 bridgehead atoms. The molecule has 1 amide bonds. The summed E-state index contributed by atoms with van der Waals surface area (Å²) < 4.78 is 0. The van der Waals surface area contributed by atoms with Gasteiger partial charge in [-0.25, -0.2) is 9.97 Å². The van der Waals surface area contributed by atoms with Crippen LogP contribution in [0.4, 0.5) is 5.69 Å². The van der Waals surface area contributed by atoms with Crippen LogP contribution >= 0.6 is 11.8 Å². The molecule has 1 aliphatic carbocycles. The van der Waals surface area contributed by atoms with E-state index in [0.29, 0.717) is 5.56 Å². The molecule has 0 saturated heterocycles. The van der Waals surface area contributed by atoms with E-state index in [9.17, 15) is 4.79 Å². The predicted octanol–water partition coefficient (Wildman–Crippen LogP) is 3.90. The van der Waals surface area contributed by atoms with E-state index in [1.807, 2.05) is 30.0 Å². The highest BCUT2D eigenvalue weighted by Gasteiger charge is 2.15. The largest absolute Gasteiger partial charge is 0.322 e. The molecular weight excluding hydrogens is 294 g/mol. The zero-order chi connectivity index (χ0) is 15.2. The van der Waals surface area contributed by atoms with Gasteiger partial charge in [0.25, 0.3) is 5.91 Å². The van der Waals surface area contributed by atoms with Gasteiger partial charge in [-0.3, -0.25) is 4.79 Å². The molecule has 2 aromatic rings. The van der Waals surface area contributed by atoms with E-state index >= 15 is 0 Å². The van der Waals surface area contributed by atoms with E-state index in [-0.39, 0.29) is 5.91 Å². The molecule has 0 aliphatic heterocycles. The number of nitrogens with one attached hydrogen (secondary N) is 1. The lowest BCUT2D eigenvalue weighted by molar-refractivity contribution is 0.102. The van der Waals surface area contributed by atoms with Crippen molar-refractivity contribution >= 4 is 23.4 Å². The summed E-state index contributed by atoms with van der Waals surface area (Å²) in [6.07, 6.45) is 9.87. The maximum absolute atomic E-state index is 12.1. The van der Waals surface area contributed by atoms with Gasteiger partial charge in [-0.05, 0) is 30.5 Å². The second kappa shape index (κ2) is 7.40. The number of hydrogen-bond donors (Lipinski definition) is 1. The Labute approximate surface area is 134 Å². The highest BCUT2D eigenvalue weighted by molar-refractivity contribution is 7.99. The van der Waals surface area contributed by atoms with Crippen molar-refractivity contribution in [3.05, 3.63) is 54.1 Å². The molecule has 1 aromatic carbocycles. The second-order valence-corrected chi connectivity index (χ2v) is 6.79. The van der Waals surface area contributed by atoms with Crippen molar-refractivity contribution in [2.75, 3.05) is 5.32 Å². The fraction of sp³-hybridized carbons (Fsp3) is 0.353. The summed E-state index contributed by atoms with van der Waals surface area (Å²) in [5.74, 6) is 0.823. The number of thioether (sulfide) groups is 1. The summed E-state index contributed by atoms with van der Waals surface area (Å²) in [6.45, 7) is 0. The van der Waals surface area contributed by atoms with Crippen LogP contribution in [0, 0.1) is 0 Å². The van der Waals surface area contributed by atoms with E-state index in [2.05, 4.69) is 21.4 Å². The highest BCUT2D eigenvalue weighted by atomic mass is 32.2. The Hall–Kier alpha value is -1.88. The van der Waals surface area contributed by atoms with Crippen LogP contribution in [-0.2, 0) is 5.75 Å². The molecule has 1 saturated carbocycles. The molecule has 22 heavy (non-hydrogen) atoms. The van der Waals surface area contributed by atoms with Gasteiger partial charge in [0.05, 0.1) is 5.56 Å². The maximum atomic E-state index is 12.1. The molecule has 1 aliphatic rings. The van der Waals surface area contributed by atoms with Crippen molar-refractivity contribution in [3.63, 3.8) is 0 Å². The normalized spacial score (nSPS) is 14.9. The molecule has 1 heterocycles. The van der Waals surface area contributed by atoms with Crippen molar-refractivity contribution in [1.82, 2.24) is 9.97 Å². The van der Waals surface area contributed by atoms with Crippen LogP contribution in [0.3, 0.4) is 0 Å². The monoisotopic (exact) mass is 313 g/mol. The molecule has 5 heteroatoms. The quantitative estimate of drug-likeness (QED) is 0.909. The molecule has 4 nitrogen and oxygen atoms in total. The second-order valence-electron chi connectivity index (χ2n) is 5.50. The number of anilines is 1. The number of carbonyl (C=O) groups excluding carboxylic acids is 1. The van der Waals surface area contributed by atoms with Crippen LogP contribution < -0.4 is 5.32 Å². The summed E-state index contributed by atoms with van der Waals surface area (Å²) in [5.41, 5.74) is 2.53. The molecule has 1 aromatic heterocycles. The van der Waals surface area contributed by atoms with E-state index < -0.39 is 0 Å². The van der Waals surface area contributed by atoms with Crippen molar-refractivity contribution in [2.45, 2.75) is 36.7 Å². The van der Waals surface area contributed by atoms with Crippen LogP contribution in [0.5, 0.6) is 0 Å². The highest BCUT2D eigenvalue weighted by Crippen LogP contribution is 2.31. The minimum absolute atomic E-state index is 0.179. The molecule has 114 valence electrons. The van der Waals surface area contributed by atoms with Crippen LogP contribution in [0.1, 0.15) is 41.6 Å². The van der Waals surface area contributed by atoms with Gasteiger partial charge in [-0.2, -0.15) is 11.8 Å². The maximum Gasteiger partial charge on any atom is 0.258 e. The molecule has 0 spiro atoms. The van der Waals surface area contributed by atoms with Gasteiger partial charge in [0, 0.05) is 29.1 Å². The van der Waals surface area contributed by atoms with Crippen LogP contribution in [0.2, 0.25) is 0 Å². The van der Waals surface area contributed by atoms with Gasteiger partial charge in [0.1, 0.15) is 6.33 Å². The molecule has 0 unspecified atom stereocenters. The van der Waals surface area contributed by atoms with Crippen molar-refractivity contribution in [3.8, 4) is 0 Å². The Morgan fingerprint density at radius 2 is 2.00 bits per heavy atom. The lowest BCUT2D eigenvalue weighted by Crippen LogP contribution is -2.12. The van der Waals surface area contributed by atoms with Crippen LogP contribution in [0.25, 0.3) is 0 Å². The number of rotatable bonds is 5. The molecule has 1 N–H and O–H groups in total. The zero-order valence-electron chi connectivity index (χ0n) is 12.4. The van der Waals surface area contributed by atoms with E-state index in [0.717, 1.165) is 16.7 Å². The average Bonchev–Trinajstić information content (AvgIpc) is 3.08. The van der Waals surface area contributed by atoms with E-state index in [1.165, 1.54) is 50.0 Å². The van der Waals surface area contributed by atoms with E-state index in [4.69, 9.17) is 0 Å². The number of carbonyl (C=O) groups is 1. The fourth-order valence-electron chi connectivity index (χ4n) is 2.63. The predicted molar refractivity (Wildman–Crippen MR) is 90.0 cm³/mol. The zero-order valence-corrected chi connectivity index (χ0v) is 13.2. The summed E-state index contributed by atoms with van der Waals surface area (Å²) >= 11 is 2.03. The number of benzene rings is 1. The van der Waals surface area contributed by atoms with Gasteiger partial charge < -0.3 is 5.32 Å². The molecule has 0 atom stereocenters. The van der Waals surface area contributed by atoms with Crippen LogP contribution in [-0.4, -0.2) is 21.1 Å². The van der Waals surface area contributed by atoms with Crippen molar-refractivity contribution in [1.29, 1.82) is 0 Å². The Kier molecular flexibility index (Phi) is 5.06. The lowest BCUT2D eigenvalue weighted by atomic mass is 10.2. The first-order valence-corrected chi connectivity index (χ1v) is 8.63. The first-order chi connectivity index (χ1) is 10.8.